The number of ether oxygens (including phenoxy) is 1. The molecule has 0 amide bonds. The summed E-state index contributed by atoms with van der Waals surface area (Å²) in [6.45, 7) is 7.65. The Labute approximate surface area is 204 Å². The van der Waals surface area contributed by atoms with Gasteiger partial charge in [0, 0.05) is 6.42 Å². The second-order valence-corrected chi connectivity index (χ2v) is 11.6. The minimum atomic E-state index is -4.33. The van der Waals surface area contributed by atoms with Crippen molar-refractivity contribution in [1.29, 1.82) is 0 Å². The zero-order chi connectivity index (χ0) is 24.6. The molecule has 33 heavy (non-hydrogen) atoms. The van der Waals surface area contributed by atoms with Crippen LogP contribution < -0.4 is 4.74 Å². The lowest BCUT2D eigenvalue weighted by Crippen LogP contribution is -2.40. The Morgan fingerprint density at radius 1 is 0.758 bits per heavy atom. The highest BCUT2D eigenvalue weighted by Crippen LogP contribution is 2.31. The van der Waals surface area contributed by atoms with E-state index in [0.717, 1.165) is 24.8 Å². The lowest BCUT2D eigenvalue weighted by Gasteiger charge is -2.27. The van der Waals surface area contributed by atoms with Gasteiger partial charge in [-0.2, -0.15) is 8.42 Å². The molecule has 0 aliphatic rings. The lowest BCUT2D eigenvalue weighted by atomic mass is 9.99. The van der Waals surface area contributed by atoms with E-state index in [1.165, 1.54) is 96.0 Å². The summed E-state index contributed by atoms with van der Waals surface area (Å²) < 4.78 is 39.6. The Hall–Kier alpha value is -1.07. The SMILES string of the molecule is CCCCCCCCCc1ccc(OC(C)(CC)S(=O)(=O)O)c(CCCCCCCCC)c1. The highest BCUT2D eigenvalue weighted by atomic mass is 32.2. The fraction of sp³-hybridized carbons (Fsp3) is 0.786. The predicted octanol–water partition coefficient (Wildman–Crippen LogP) is 8.67. The summed E-state index contributed by atoms with van der Waals surface area (Å²) in [6.07, 6.45) is 19.8. The second kappa shape index (κ2) is 16.5. The number of hydrogen-bond acceptors (Lipinski definition) is 3. The normalized spacial score (nSPS) is 13.7. The van der Waals surface area contributed by atoms with E-state index in [2.05, 4.69) is 26.0 Å². The highest BCUT2D eigenvalue weighted by molar-refractivity contribution is 7.87. The van der Waals surface area contributed by atoms with E-state index in [4.69, 9.17) is 4.74 Å². The molecule has 1 N–H and O–H groups in total. The molecule has 0 heterocycles. The van der Waals surface area contributed by atoms with Crippen molar-refractivity contribution >= 4 is 10.1 Å². The molecule has 0 saturated heterocycles. The number of benzene rings is 1. The number of unbranched alkanes of at least 4 members (excludes halogenated alkanes) is 12. The van der Waals surface area contributed by atoms with Crippen molar-refractivity contribution < 1.29 is 17.7 Å². The van der Waals surface area contributed by atoms with Crippen molar-refractivity contribution in [3.05, 3.63) is 29.3 Å². The summed E-state index contributed by atoms with van der Waals surface area (Å²) in [5, 5.41) is 0. The average Bonchev–Trinajstić information content (AvgIpc) is 2.78. The van der Waals surface area contributed by atoms with Crippen molar-refractivity contribution in [2.75, 3.05) is 0 Å². The summed E-state index contributed by atoms with van der Waals surface area (Å²) in [4.78, 5) is -1.62. The first-order valence-corrected chi connectivity index (χ1v) is 15.0. The Morgan fingerprint density at radius 2 is 1.24 bits per heavy atom. The standard InChI is InChI=1S/C28H50O4S/c1-5-8-10-12-14-16-18-20-25-22-23-27(32-28(4,7-3)33(29,30)31)26(24-25)21-19-17-15-13-11-9-6-2/h22-24H,5-21H2,1-4H3,(H,29,30,31). The summed E-state index contributed by atoms with van der Waals surface area (Å²) in [5.74, 6) is 0.589. The van der Waals surface area contributed by atoms with Crippen molar-refractivity contribution in [2.24, 2.45) is 0 Å². The molecule has 1 rings (SSSR count). The van der Waals surface area contributed by atoms with E-state index in [0.29, 0.717) is 5.75 Å². The quantitative estimate of drug-likeness (QED) is 0.149. The van der Waals surface area contributed by atoms with E-state index in [1.54, 1.807) is 6.92 Å². The van der Waals surface area contributed by atoms with E-state index >= 15 is 0 Å². The van der Waals surface area contributed by atoms with Gasteiger partial charge in [-0.3, -0.25) is 4.55 Å². The molecule has 0 saturated carbocycles. The Balaban J connectivity index is 2.77. The van der Waals surface area contributed by atoms with Gasteiger partial charge in [0.15, 0.2) is 0 Å². The Morgan fingerprint density at radius 3 is 1.73 bits per heavy atom. The fourth-order valence-electron chi connectivity index (χ4n) is 4.18. The molecular formula is C28H50O4S. The molecule has 1 aromatic carbocycles. The maximum absolute atomic E-state index is 12.0. The van der Waals surface area contributed by atoms with E-state index in [-0.39, 0.29) is 6.42 Å². The minimum absolute atomic E-state index is 0.183. The predicted molar refractivity (Wildman–Crippen MR) is 141 cm³/mol. The summed E-state index contributed by atoms with van der Waals surface area (Å²) >= 11 is 0. The van der Waals surface area contributed by atoms with E-state index < -0.39 is 15.1 Å². The third-order valence-corrected chi connectivity index (χ3v) is 8.22. The molecule has 0 aliphatic heterocycles. The van der Waals surface area contributed by atoms with Crippen LogP contribution in [0.25, 0.3) is 0 Å². The molecule has 0 fully saturated rings. The minimum Gasteiger partial charge on any atom is -0.469 e. The van der Waals surface area contributed by atoms with Gasteiger partial charge in [0.1, 0.15) is 5.75 Å². The molecule has 0 radical (unpaired) electrons. The van der Waals surface area contributed by atoms with Gasteiger partial charge in [-0.15, -0.1) is 0 Å². The second-order valence-electron chi connectivity index (χ2n) is 9.75. The molecule has 5 heteroatoms. The first-order valence-electron chi connectivity index (χ1n) is 13.5. The molecule has 0 bridgehead atoms. The number of aryl methyl sites for hydroxylation is 2. The monoisotopic (exact) mass is 482 g/mol. The van der Waals surface area contributed by atoms with Gasteiger partial charge >= 0.3 is 10.1 Å². The summed E-state index contributed by atoms with van der Waals surface area (Å²) in [5.41, 5.74) is 2.35. The van der Waals surface area contributed by atoms with Crippen molar-refractivity contribution in [1.82, 2.24) is 0 Å². The van der Waals surface area contributed by atoms with Crippen LogP contribution in [0.3, 0.4) is 0 Å². The zero-order valence-electron chi connectivity index (χ0n) is 21.8. The van der Waals surface area contributed by atoms with Crippen LogP contribution in [-0.2, 0) is 23.0 Å². The van der Waals surface area contributed by atoms with Gasteiger partial charge in [0.25, 0.3) is 0 Å². The van der Waals surface area contributed by atoms with Gasteiger partial charge in [-0.05, 0) is 49.8 Å². The molecule has 1 aromatic rings. The van der Waals surface area contributed by atoms with Crippen molar-refractivity contribution in [3.8, 4) is 5.75 Å². The molecular weight excluding hydrogens is 432 g/mol. The van der Waals surface area contributed by atoms with Gasteiger partial charge in [-0.1, -0.05) is 110 Å². The van der Waals surface area contributed by atoms with Gasteiger partial charge in [0.05, 0.1) is 0 Å². The first-order chi connectivity index (χ1) is 15.8. The maximum Gasteiger partial charge on any atom is 0.306 e. The maximum atomic E-state index is 12.0. The van der Waals surface area contributed by atoms with Crippen LogP contribution >= 0.6 is 0 Å². The smallest absolute Gasteiger partial charge is 0.306 e. The largest absolute Gasteiger partial charge is 0.469 e. The number of rotatable bonds is 20. The third-order valence-electron chi connectivity index (χ3n) is 6.76. The van der Waals surface area contributed by atoms with Crippen LogP contribution in [0.5, 0.6) is 5.75 Å². The van der Waals surface area contributed by atoms with Crippen LogP contribution in [0.4, 0.5) is 0 Å². The summed E-state index contributed by atoms with van der Waals surface area (Å²) in [7, 11) is -4.33. The topological polar surface area (TPSA) is 63.6 Å². The molecule has 1 unspecified atom stereocenters. The average molecular weight is 483 g/mol. The van der Waals surface area contributed by atoms with Crippen molar-refractivity contribution in [2.45, 2.75) is 142 Å². The van der Waals surface area contributed by atoms with Crippen LogP contribution in [0.15, 0.2) is 18.2 Å². The van der Waals surface area contributed by atoms with Gasteiger partial charge in [0.2, 0.25) is 4.93 Å². The molecule has 1 atom stereocenters. The molecule has 0 aromatic heterocycles. The molecule has 192 valence electrons. The van der Waals surface area contributed by atoms with E-state index in [1.807, 2.05) is 6.07 Å². The molecule has 0 aliphatic carbocycles. The van der Waals surface area contributed by atoms with Crippen LogP contribution in [0, 0.1) is 0 Å². The molecule has 0 spiro atoms. The fourth-order valence-corrected chi connectivity index (χ4v) is 4.74. The lowest BCUT2D eigenvalue weighted by molar-refractivity contribution is 0.153. The molecule has 4 nitrogen and oxygen atoms in total. The Kier molecular flexibility index (Phi) is 15.0. The van der Waals surface area contributed by atoms with Gasteiger partial charge < -0.3 is 4.74 Å². The van der Waals surface area contributed by atoms with Crippen LogP contribution in [0.2, 0.25) is 0 Å². The zero-order valence-corrected chi connectivity index (χ0v) is 22.6. The first kappa shape index (κ1) is 30.0. The van der Waals surface area contributed by atoms with Crippen LogP contribution in [-0.4, -0.2) is 17.9 Å². The number of hydrogen-bond donors (Lipinski definition) is 1. The van der Waals surface area contributed by atoms with Gasteiger partial charge in [-0.25, -0.2) is 0 Å². The highest BCUT2D eigenvalue weighted by Gasteiger charge is 2.39. The van der Waals surface area contributed by atoms with Crippen molar-refractivity contribution in [3.63, 3.8) is 0 Å². The summed E-state index contributed by atoms with van der Waals surface area (Å²) in [6, 6.07) is 6.16. The Bertz CT molecular complexity index is 744. The van der Waals surface area contributed by atoms with E-state index in [9.17, 15) is 13.0 Å². The van der Waals surface area contributed by atoms with Crippen LogP contribution in [0.1, 0.15) is 135 Å². The third kappa shape index (κ3) is 11.8.